The average Bonchev–Trinajstić information content (AvgIpc) is 3.15. The molecular formula is C21H27N3O4. The van der Waals surface area contributed by atoms with Crippen molar-refractivity contribution in [1.82, 2.24) is 14.9 Å². The largest absolute Gasteiger partial charge is 0.496 e. The minimum Gasteiger partial charge on any atom is -0.496 e. The average molecular weight is 385 g/mol. The molecule has 0 aliphatic carbocycles. The van der Waals surface area contributed by atoms with E-state index in [1.165, 1.54) is 0 Å². The molecule has 150 valence electrons. The van der Waals surface area contributed by atoms with Gasteiger partial charge < -0.3 is 29.2 Å². The second kappa shape index (κ2) is 9.96. The standard InChI is InChI=1S/C21H27N3O4/c1-26-17-10-18(27-2)12-19(11-17)28-14-16(25)13-22-8-5-9-24-15-23-20-6-3-4-7-21(20)24/h3-4,6-7,10-12,15-16,22,25H,5,8-9,13-14H2,1-2H3. The Kier molecular flexibility index (Phi) is 7.11. The number of aliphatic hydroxyl groups excluding tert-OH is 1. The van der Waals surface area contributed by atoms with Gasteiger partial charge in [-0.15, -0.1) is 0 Å². The van der Waals surface area contributed by atoms with Crippen molar-refractivity contribution in [3.8, 4) is 17.2 Å². The fourth-order valence-electron chi connectivity index (χ4n) is 2.95. The zero-order valence-corrected chi connectivity index (χ0v) is 16.3. The molecular weight excluding hydrogens is 358 g/mol. The topological polar surface area (TPSA) is 77.8 Å². The summed E-state index contributed by atoms with van der Waals surface area (Å²) in [4.78, 5) is 4.39. The molecule has 7 heteroatoms. The molecule has 0 bridgehead atoms. The molecule has 0 fully saturated rings. The Hall–Kier alpha value is -2.77. The van der Waals surface area contributed by atoms with E-state index in [-0.39, 0.29) is 6.61 Å². The Bertz CT molecular complexity index is 859. The van der Waals surface area contributed by atoms with Gasteiger partial charge in [0.25, 0.3) is 0 Å². The molecule has 0 aliphatic heterocycles. The van der Waals surface area contributed by atoms with E-state index in [0.29, 0.717) is 23.8 Å². The number of rotatable bonds is 11. The van der Waals surface area contributed by atoms with Crippen LogP contribution in [0.4, 0.5) is 0 Å². The van der Waals surface area contributed by atoms with Crippen molar-refractivity contribution in [1.29, 1.82) is 0 Å². The third-order valence-electron chi connectivity index (χ3n) is 4.43. The normalized spacial score (nSPS) is 12.1. The summed E-state index contributed by atoms with van der Waals surface area (Å²) in [5, 5.41) is 13.4. The second-order valence-corrected chi connectivity index (χ2v) is 6.50. The molecule has 1 aromatic heterocycles. The van der Waals surface area contributed by atoms with Gasteiger partial charge in [0.05, 0.1) is 31.6 Å². The van der Waals surface area contributed by atoms with Gasteiger partial charge in [0.15, 0.2) is 0 Å². The highest BCUT2D eigenvalue weighted by atomic mass is 16.5. The number of benzene rings is 2. The molecule has 7 nitrogen and oxygen atoms in total. The van der Waals surface area contributed by atoms with Gasteiger partial charge in [0.2, 0.25) is 0 Å². The van der Waals surface area contributed by atoms with Crippen LogP contribution in [0.3, 0.4) is 0 Å². The molecule has 3 aromatic rings. The van der Waals surface area contributed by atoms with Crippen molar-refractivity contribution in [3.05, 3.63) is 48.8 Å². The Morgan fingerprint density at radius 1 is 1.07 bits per heavy atom. The highest BCUT2D eigenvalue weighted by Gasteiger charge is 2.08. The van der Waals surface area contributed by atoms with Crippen LogP contribution in [0, 0.1) is 0 Å². The van der Waals surface area contributed by atoms with Crippen LogP contribution in [0.5, 0.6) is 17.2 Å². The molecule has 2 aromatic carbocycles. The Labute approximate surface area is 164 Å². The fraction of sp³-hybridized carbons (Fsp3) is 0.381. The monoisotopic (exact) mass is 385 g/mol. The SMILES string of the molecule is COc1cc(OC)cc(OCC(O)CNCCCn2cnc3ccccc32)c1. The van der Waals surface area contributed by atoms with Crippen molar-refractivity contribution < 1.29 is 19.3 Å². The summed E-state index contributed by atoms with van der Waals surface area (Å²) in [6.07, 6.45) is 2.21. The predicted molar refractivity (Wildman–Crippen MR) is 108 cm³/mol. The highest BCUT2D eigenvalue weighted by molar-refractivity contribution is 5.74. The maximum atomic E-state index is 10.1. The van der Waals surface area contributed by atoms with Gasteiger partial charge in [0.1, 0.15) is 30.0 Å². The number of methoxy groups -OCH3 is 2. The number of nitrogens with zero attached hydrogens (tertiary/aromatic N) is 2. The number of aromatic nitrogens is 2. The number of ether oxygens (including phenoxy) is 3. The van der Waals surface area contributed by atoms with Gasteiger partial charge in [-0.05, 0) is 25.1 Å². The van der Waals surface area contributed by atoms with E-state index in [9.17, 15) is 5.11 Å². The van der Waals surface area contributed by atoms with E-state index >= 15 is 0 Å². The first-order chi connectivity index (χ1) is 13.7. The van der Waals surface area contributed by atoms with E-state index in [2.05, 4.69) is 20.9 Å². The van der Waals surface area contributed by atoms with Crippen LogP contribution in [-0.2, 0) is 6.54 Å². The lowest BCUT2D eigenvalue weighted by molar-refractivity contribution is 0.106. The van der Waals surface area contributed by atoms with Gasteiger partial charge in [-0.2, -0.15) is 0 Å². The summed E-state index contributed by atoms with van der Waals surface area (Å²) in [5.41, 5.74) is 2.15. The molecule has 2 N–H and O–H groups in total. The summed E-state index contributed by atoms with van der Waals surface area (Å²) in [6, 6.07) is 13.4. The number of aliphatic hydroxyl groups is 1. The van der Waals surface area contributed by atoms with E-state index in [1.54, 1.807) is 32.4 Å². The molecule has 3 rings (SSSR count). The third-order valence-corrected chi connectivity index (χ3v) is 4.43. The van der Waals surface area contributed by atoms with Crippen LogP contribution >= 0.6 is 0 Å². The first-order valence-corrected chi connectivity index (χ1v) is 9.34. The highest BCUT2D eigenvalue weighted by Crippen LogP contribution is 2.27. The lowest BCUT2D eigenvalue weighted by atomic mass is 10.3. The number of aryl methyl sites for hydroxylation is 1. The number of nitrogens with one attached hydrogen (secondary N) is 1. The number of hydrogen-bond acceptors (Lipinski definition) is 6. The third kappa shape index (κ3) is 5.37. The van der Waals surface area contributed by atoms with Crippen LogP contribution in [0.2, 0.25) is 0 Å². The summed E-state index contributed by atoms with van der Waals surface area (Å²) in [5.74, 6) is 1.89. The molecule has 0 saturated carbocycles. The minimum atomic E-state index is -0.605. The number of imidazole rings is 1. The van der Waals surface area contributed by atoms with Crippen molar-refractivity contribution in [2.75, 3.05) is 33.9 Å². The Morgan fingerprint density at radius 3 is 2.54 bits per heavy atom. The van der Waals surface area contributed by atoms with Crippen LogP contribution in [0.15, 0.2) is 48.8 Å². The molecule has 0 radical (unpaired) electrons. The van der Waals surface area contributed by atoms with Crippen molar-refractivity contribution in [2.45, 2.75) is 19.1 Å². The molecule has 1 atom stereocenters. The van der Waals surface area contributed by atoms with Gasteiger partial charge >= 0.3 is 0 Å². The van der Waals surface area contributed by atoms with Crippen molar-refractivity contribution in [2.24, 2.45) is 0 Å². The predicted octanol–water partition coefficient (Wildman–Crippen LogP) is 2.47. The van der Waals surface area contributed by atoms with E-state index in [0.717, 1.165) is 30.5 Å². The second-order valence-electron chi connectivity index (χ2n) is 6.50. The zero-order chi connectivity index (χ0) is 19.8. The molecule has 0 saturated heterocycles. The molecule has 0 spiro atoms. The first kappa shape index (κ1) is 20.0. The van der Waals surface area contributed by atoms with Crippen molar-refractivity contribution >= 4 is 11.0 Å². The lowest BCUT2D eigenvalue weighted by Gasteiger charge is -2.14. The fourth-order valence-corrected chi connectivity index (χ4v) is 2.95. The summed E-state index contributed by atoms with van der Waals surface area (Å²) in [7, 11) is 3.17. The molecule has 1 unspecified atom stereocenters. The van der Waals surface area contributed by atoms with Gasteiger partial charge in [-0.3, -0.25) is 0 Å². The molecule has 28 heavy (non-hydrogen) atoms. The summed E-state index contributed by atoms with van der Waals surface area (Å²) in [6.45, 7) is 2.33. The molecule has 1 heterocycles. The van der Waals surface area contributed by atoms with Crippen molar-refractivity contribution in [3.63, 3.8) is 0 Å². The maximum Gasteiger partial charge on any atom is 0.126 e. The number of fused-ring (bicyclic) bond motifs is 1. The van der Waals surface area contributed by atoms with Crippen LogP contribution in [-0.4, -0.2) is 54.7 Å². The summed E-state index contributed by atoms with van der Waals surface area (Å²) < 4.78 is 18.2. The lowest BCUT2D eigenvalue weighted by Crippen LogP contribution is -2.32. The minimum absolute atomic E-state index is 0.190. The zero-order valence-electron chi connectivity index (χ0n) is 16.3. The Balaban J connectivity index is 1.36. The van der Waals surface area contributed by atoms with Gasteiger partial charge in [-0.25, -0.2) is 4.98 Å². The number of hydrogen-bond donors (Lipinski definition) is 2. The quantitative estimate of drug-likeness (QED) is 0.494. The first-order valence-electron chi connectivity index (χ1n) is 9.34. The van der Waals surface area contributed by atoms with Crippen LogP contribution in [0.1, 0.15) is 6.42 Å². The van der Waals surface area contributed by atoms with Gasteiger partial charge in [0, 0.05) is 31.3 Å². The number of para-hydroxylation sites is 2. The van der Waals surface area contributed by atoms with E-state index in [1.807, 2.05) is 24.5 Å². The molecule has 0 amide bonds. The van der Waals surface area contributed by atoms with Crippen LogP contribution in [0.25, 0.3) is 11.0 Å². The Morgan fingerprint density at radius 2 is 1.79 bits per heavy atom. The van der Waals surface area contributed by atoms with E-state index in [4.69, 9.17) is 14.2 Å². The van der Waals surface area contributed by atoms with Crippen LogP contribution < -0.4 is 19.5 Å². The van der Waals surface area contributed by atoms with E-state index < -0.39 is 6.10 Å². The smallest absolute Gasteiger partial charge is 0.126 e. The van der Waals surface area contributed by atoms with Gasteiger partial charge in [-0.1, -0.05) is 12.1 Å². The maximum absolute atomic E-state index is 10.1. The summed E-state index contributed by atoms with van der Waals surface area (Å²) >= 11 is 0. The molecule has 0 aliphatic rings.